The van der Waals surface area contributed by atoms with Gasteiger partial charge in [0.15, 0.2) is 5.76 Å². The Labute approximate surface area is 197 Å². The van der Waals surface area contributed by atoms with Crippen LogP contribution in [0.15, 0.2) is 76.2 Å². The van der Waals surface area contributed by atoms with E-state index in [1.54, 1.807) is 30.3 Å². The van der Waals surface area contributed by atoms with Gasteiger partial charge in [-0.25, -0.2) is 5.43 Å². The van der Waals surface area contributed by atoms with Crippen molar-refractivity contribution in [2.75, 3.05) is 0 Å². The van der Waals surface area contributed by atoms with Gasteiger partial charge in [-0.3, -0.25) is 14.9 Å². The molecule has 0 saturated carbocycles. The summed E-state index contributed by atoms with van der Waals surface area (Å²) in [7, 11) is 0. The van der Waals surface area contributed by atoms with Crippen molar-refractivity contribution in [2.24, 2.45) is 5.10 Å². The second kappa shape index (κ2) is 9.72. The van der Waals surface area contributed by atoms with Gasteiger partial charge in [-0.05, 0) is 42.0 Å². The molecule has 0 saturated heterocycles. The molecule has 1 amide bonds. The summed E-state index contributed by atoms with van der Waals surface area (Å²) in [5, 5.41) is 16.2. The average Bonchev–Trinajstić information content (AvgIpc) is 3.24. The Balaban J connectivity index is 1.43. The molecule has 166 valence electrons. The van der Waals surface area contributed by atoms with E-state index >= 15 is 0 Å². The average molecular weight is 484 g/mol. The zero-order valence-corrected chi connectivity index (χ0v) is 18.3. The van der Waals surface area contributed by atoms with E-state index in [1.165, 1.54) is 30.5 Å². The fourth-order valence-electron chi connectivity index (χ4n) is 2.98. The number of hydrogen-bond donors (Lipinski definition) is 1. The van der Waals surface area contributed by atoms with Crippen molar-refractivity contribution < 1.29 is 18.9 Å². The number of hydrazone groups is 1. The summed E-state index contributed by atoms with van der Waals surface area (Å²) in [6.07, 6.45) is 1.44. The number of non-ortho nitro benzene ring substituents is 1. The molecule has 0 unspecified atom stereocenters. The molecule has 0 aliphatic heterocycles. The number of rotatable bonds is 7. The number of halogens is 2. The number of amides is 1. The maximum Gasteiger partial charge on any atom is 0.307 e. The van der Waals surface area contributed by atoms with Crippen LogP contribution in [0.1, 0.15) is 21.7 Å². The Morgan fingerprint density at radius 2 is 1.91 bits per heavy atom. The lowest BCUT2D eigenvalue weighted by molar-refractivity contribution is -0.384. The molecule has 0 aliphatic carbocycles. The second-order valence-corrected chi connectivity index (χ2v) is 7.68. The monoisotopic (exact) mass is 483 g/mol. The fraction of sp³-hybridized carbons (Fsp3) is 0.0435. The first-order chi connectivity index (χ1) is 15.9. The molecular formula is C23H15Cl2N3O5. The summed E-state index contributed by atoms with van der Waals surface area (Å²) < 4.78 is 11.3. The van der Waals surface area contributed by atoms with Gasteiger partial charge in [-0.2, -0.15) is 5.10 Å². The summed E-state index contributed by atoms with van der Waals surface area (Å²) in [5.74, 6) is -0.0660. The van der Waals surface area contributed by atoms with E-state index in [4.69, 9.17) is 32.4 Å². The SMILES string of the molecule is O=C(N/N=C/c1ccccc1OCc1ccc(Cl)c(Cl)c1)c1cc2cc([N+](=O)[O-])ccc2o1. The molecule has 0 radical (unpaired) electrons. The van der Waals surface area contributed by atoms with Gasteiger partial charge in [-0.15, -0.1) is 0 Å². The molecule has 4 rings (SSSR count). The Hall–Kier alpha value is -3.88. The molecule has 10 heteroatoms. The number of nitrogens with one attached hydrogen (secondary N) is 1. The number of nitro groups is 1. The molecule has 1 heterocycles. The number of para-hydroxylation sites is 1. The van der Waals surface area contributed by atoms with Crippen LogP contribution in [0.5, 0.6) is 5.75 Å². The third kappa shape index (κ3) is 5.31. The van der Waals surface area contributed by atoms with Gasteiger partial charge >= 0.3 is 5.91 Å². The van der Waals surface area contributed by atoms with Crippen LogP contribution in [0.2, 0.25) is 10.0 Å². The standard InChI is InChI=1S/C23H15Cl2N3O5/c24-18-7-5-14(9-19(18)25)13-32-20-4-2-1-3-15(20)12-26-27-23(29)22-11-16-10-17(28(30)31)6-8-21(16)33-22/h1-12H,13H2,(H,27,29)/b26-12+. The van der Waals surface area contributed by atoms with Crippen molar-refractivity contribution in [3.63, 3.8) is 0 Å². The molecule has 4 aromatic rings. The van der Waals surface area contributed by atoms with Gasteiger partial charge in [0.2, 0.25) is 0 Å². The fourth-order valence-corrected chi connectivity index (χ4v) is 3.30. The number of benzene rings is 3. The maximum atomic E-state index is 12.4. The molecule has 1 aromatic heterocycles. The highest BCUT2D eigenvalue weighted by atomic mass is 35.5. The first-order valence-corrected chi connectivity index (χ1v) is 10.3. The molecule has 8 nitrogen and oxygen atoms in total. The number of nitro benzene ring substituents is 1. The smallest absolute Gasteiger partial charge is 0.307 e. The van der Waals surface area contributed by atoms with Crippen molar-refractivity contribution in [3.8, 4) is 5.75 Å². The topological polar surface area (TPSA) is 107 Å². The van der Waals surface area contributed by atoms with Gasteiger partial charge in [-0.1, -0.05) is 41.4 Å². The van der Waals surface area contributed by atoms with Crippen LogP contribution in [0.3, 0.4) is 0 Å². The van der Waals surface area contributed by atoms with Crippen LogP contribution >= 0.6 is 23.2 Å². The van der Waals surface area contributed by atoms with Crippen molar-refractivity contribution >= 4 is 52.0 Å². The van der Waals surface area contributed by atoms with Crippen LogP contribution < -0.4 is 10.2 Å². The largest absolute Gasteiger partial charge is 0.488 e. The minimum absolute atomic E-state index is 0.0215. The van der Waals surface area contributed by atoms with Crippen LogP contribution in [-0.4, -0.2) is 17.0 Å². The Morgan fingerprint density at radius 3 is 2.70 bits per heavy atom. The molecule has 33 heavy (non-hydrogen) atoms. The van der Waals surface area contributed by atoms with Crippen LogP contribution in [0, 0.1) is 10.1 Å². The van der Waals surface area contributed by atoms with Crippen LogP contribution in [-0.2, 0) is 6.61 Å². The number of hydrogen-bond acceptors (Lipinski definition) is 6. The Morgan fingerprint density at radius 1 is 1.09 bits per heavy atom. The van der Waals surface area contributed by atoms with Gasteiger partial charge in [0.25, 0.3) is 5.69 Å². The molecule has 3 aromatic carbocycles. The number of nitrogens with zero attached hydrogens (tertiary/aromatic N) is 2. The van der Waals surface area contributed by atoms with E-state index in [9.17, 15) is 14.9 Å². The minimum atomic E-state index is -0.598. The number of fused-ring (bicyclic) bond motifs is 1. The molecular weight excluding hydrogens is 469 g/mol. The van der Waals surface area contributed by atoms with Crippen molar-refractivity contribution in [1.29, 1.82) is 0 Å². The lowest BCUT2D eigenvalue weighted by Crippen LogP contribution is -2.16. The molecule has 0 aliphatic rings. The first-order valence-electron chi connectivity index (χ1n) is 9.58. The summed E-state index contributed by atoms with van der Waals surface area (Å²) in [6.45, 7) is 0.263. The third-order valence-electron chi connectivity index (χ3n) is 4.60. The van der Waals surface area contributed by atoms with Crippen LogP contribution in [0.25, 0.3) is 11.0 Å². The molecule has 1 N–H and O–H groups in total. The highest BCUT2D eigenvalue weighted by Crippen LogP contribution is 2.25. The van der Waals surface area contributed by atoms with E-state index in [2.05, 4.69) is 10.5 Å². The minimum Gasteiger partial charge on any atom is -0.488 e. The number of furan rings is 1. The van der Waals surface area contributed by atoms with E-state index in [1.807, 2.05) is 12.1 Å². The normalized spacial score (nSPS) is 11.1. The van der Waals surface area contributed by atoms with Gasteiger partial charge < -0.3 is 9.15 Å². The lowest BCUT2D eigenvalue weighted by atomic mass is 10.2. The van der Waals surface area contributed by atoms with Gasteiger partial charge in [0.05, 0.1) is 21.2 Å². The summed E-state index contributed by atoms with van der Waals surface area (Å²) in [5.41, 5.74) is 4.12. The Kier molecular flexibility index (Phi) is 6.58. The van der Waals surface area contributed by atoms with Gasteiger partial charge in [0, 0.05) is 23.1 Å². The number of ether oxygens (including phenoxy) is 1. The van der Waals surface area contributed by atoms with E-state index in [-0.39, 0.29) is 18.1 Å². The summed E-state index contributed by atoms with van der Waals surface area (Å²) in [6, 6.07) is 17.9. The zero-order valence-electron chi connectivity index (χ0n) is 16.8. The molecule has 0 spiro atoms. The number of carbonyl (C=O) groups is 1. The predicted octanol–water partition coefficient (Wildman–Crippen LogP) is 5.99. The van der Waals surface area contributed by atoms with Crippen molar-refractivity contribution in [1.82, 2.24) is 5.43 Å². The predicted molar refractivity (Wildman–Crippen MR) is 125 cm³/mol. The lowest BCUT2D eigenvalue weighted by Gasteiger charge is -2.09. The molecule has 0 bridgehead atoms. The first kappa shape index (κ1) is 22.3. The summed E-state index contributed by atoms with van der Waals surface area (Å²) >= 11 is 12.0. The number of carbonyl (C=O) groups excluding carboxylic acids is 1. The molecule has 0 atom stereocenters. The maximum absolute atomic E-state index is 12.4. The zero-order chi connectivity index (χ0) is 23.4. The van der Waals surface area contributed by atoms with E-state index in [0.717, 1.165) is 5.56 Å². The highest BCUT2D eigenvalue weighted by Gasteiger charge is 2.14. The van der Waals surface area contributed by atoms with Crippen molar-refractivity contribution in [2.45, 2.75) is 6.61 Å². The van der Waals surface area contributed by atoms with E-state index in [0.29, 0.717) is 32.3 Å². The van der Waals surface area contributed by atoms with E-state index < -0.39 is 10.8 Å². The van der Waals surface area contributed by atoms with Gasteiger partial charge in [0.1, 0.15) is 17.9 Å². The quantitative estimate of drug-likeness (QED) is 0.197. The third-order valence-corrected chi connectivity index (χ3v) is 5.34. The highest BCUT2D eigenvalue weighted by molar-refractivity contribution is 6.42. The second-order valence-electron chi connectivity index (χ2n) is 6.86. The Bertz CT molecular complexity index is 1380. The van der Waals surface area contributed by atoms with Crippen molar-refractivity contribution in [3.05, 3.63) is 104 Å². The van der Waals surface area contributed by atoms with Crippen LogP contribution in [0.4, 0.5) is 5.69 Å². The molecule has 0 fully saturated rings. The summed E-state index contributed by atoms with van der Waals surface area (Å²) in [4.78, 5) is 22.8.